The van der Waals surface area contributed by atoms with Crippen molar-refractivity contribution in [1.29, 1.82) is 0 Å². The minimum atomic E-state index is -4.38. The Balaban J connectivity index is 1.67. The van der Waals surface area contributed by atoms with Gasteiger partial charge in [-0.3, -0.25) is 0 Å². The number of rotatable bonds is 2. The number of nitrogens with zero attached hydrogens (tertiary/aromatic N) is 2. The van der Waals surface area contributed by atoms with Gasteiger partial charge in [-0.15, -0.1) is 0 Å². The Bertz CT molecular complexity index is 431. The number of hydrogen-bond donors (Lipinski definition) is 2. The largest absolute Gasteiger partial charge is 0.419 e. The molecule has 1 aliphatic heterocycles. The standard InChI is InChI=1S/C11H13F3N4/c12-11(13,14)7-4-16-10(17-5-7)18-9-2-6-1-8(9)15-3-6/h4-6,8-9,15H,1-3H2,(H,16,17,18)/t6-,8+,9-/m1/s1. The van der Waals surface area contributed by atoms with Crippen molar-refractivity contribution >= 4 is 5.95 Å². The molecule has 2 bridgehead atoms. The second-order valence-electron chi connectivity index (χ2n) is 4.90. The van der Waals surface area contributed by atoms with Crippen LogP contribution in [0.25, 0.3) is 0 Å². The number of aromatic nitrogens is 2. The fraction of sp³-hybridized carbons (Fsp3) is 0.636. The molecule has 0 radical (unpaired) electrons. The van der Waals surface area contributed by atoms with Crippen molar-refractivity contribution in [3.05, 3.63) is 18.0 Å². The van der Waals surface area contributed by atoms with E-state index < -0.39 is 11.7 Å². The molecule has 4 nitrogen and oxygen atoms in total. The summed E-state index contributed by atoms with van der Waals surface area (Å²) in [4.78, 5) is 7.44. The average Bonchev–Trinajstić information content (AvgIpc) is 2.90. The molecular formula is C11H13F3N4. The molecule has 2 aliphatic rings. The first-order chi connectivity index (χ1) is 8.52. The zero-order valence-corrected chi connectivity index (χ0v) is 9.54. The van der Waals surface area contributed by atoms with Gasteiger partial charge >= 0.3 is 6.18 Å². The zero-order valence-electron chi connectivity index (χ0n) is 9.54. The minimum absolute atomic E-state index is 0.223. The quantitative estimate of drug-likeness (QED) is 0.847. The fourth-order valence-electron chi connectivity index (χ4n) is 2.73. The third-order valence-corrected chi connectivity index (χ3v) is 3.62. The van der Waals surface area contributed by atoms with Crippen LogP contribution in [0.4, 0.5) is 19.1 Å². The lowest BCUT2D eigenvalue weighted by atomic mass is 10.1. The lowest BCUT2D eigenvalue weighted by Crippen LogP contribution is -2.41. The number of anilines is 1. The summed E-state index contributed by atoms with van der Waals surface area (Å²) in [5.74, 6) is 0.935. The Morgan fingerprint density at radius 1 is 1.22 bits per heavy atom. The van der Waals surface area contributed by atoms with Gasteiger partial charge in [0.05, 0.1) is 5.56 Å². The Kier molecular flexibility index (Phi) is 2.65. The summed E-state index contributed by atoms with van der Waals surface area (Å²) in [6, 6.07) is 0.612. The van der Waals surface area contributed by atoms with Crippen LogP contribution in [0.1, 0.15) is 18.4 Å². The first-order valence-corrected chi connectivity index (χ1v) is 5.91. The van der Waals surface area contributed by atoms with Gasteiger partial charge in [0.2, 0.25) is 5.95 Å². The molecule has 3 rings (SSSR count). The first-order valence-electron chi connectivity index (χ1n) is 5.91. The second kappa shape index (κ2) is 4.08. The van der Waals surface area contributed by atoms with E-state index in [0.29, 0.717) is 12.0 Å². The normalized spacial score (nSPS) is 30.7. The summed E-state index contributed by atoms with van der Waals surface area (Å²) in [7, 11) is 0. The van der Waals surface area contributed by atoms with E-state index in [4.69, 9.17) is 0 Å². The van der Waals surface area contributed by atoms with E-state index in [0.717, 1.165) is 31.8 Å². The molecule has 3 atom stereocenters. The number of hydrogen-bond acceptors (Lipinski definition) is 4. The SMILES string of the molecule is FC(F)(F)c1cnc(N[C@@H]2C[C@@H]3CN[C@H]2C3)nc1. The van der Waals surface area contributed by atoms with Crippen LogP contribution >= 0.6 is 0 Å². The van der Waals surface area contributed by atoms with Crippen LogP contribution in [0, 0.1) is 5.92 Å². The maximum absolute atomic E-state index is 12.3. The van der Waals surface area contributed by atoms with Crippen LogP contribution in [-0.2, 0) is 6.18 Å². The smallest absolute Gasteiger partial charge is 0.350 e. The van der Waals surface area contributed by atoms with E-state index in [1.807, 2.05) is 0 Å². The molecule has 1 aromatic heterocycles. The van der Waals surface area contributed by atoms with E-state index in [1.54, 1.807) is 0 Å². The highest BCUT2D eigenvalue weighted by atomic mass is 19.4. The number of piperidine rings is 1. The van der Waals surface area contributed by atoms with E-state index in [-0.39, 0.29) is 12.0 Å². The van der Waals surface area contributed by atoms with Gasteiger partial charge in [-0.2, -0.15) is 13.2 Å². The van der Waals surface area contributed by atoms with Gasteiger partial charge in [-0.1, -0.05) is 0 Å². The van der Waals surface area contributed by atoms with Gasteiger partial charge in [-0.25, -0.2) is 9.97 Å². The van der Waals surface area contributed by atoms with Crippen molar-refractivity contribution in [2.75, 3.05) is 11.9 Å². The van der Waals surface area contributed by atoms with Crippen molar-refractivity contribution in [2.24, 2.45) is 5.92 Å². The molecule has 1 saturated carbocycles. The van der Waals surface area contributed by atoms with Crippen LogP contribution in [-0.4, -0.2) is 28.6 Å². The minimum Gasteiger partial charge on any atom is -0.350 e. The molecule has 0 spiro atoms. The highest BCUT2D eigenvalue weighted by Crippen LogP contribution is 2.33. The van der Waals surface area contributed by atoms with Crippen molar-refractivity contribution in [3.63, 3.8) is 0 Å². The third-order valence-electron chi connectivity index (χ3n) is 3.62. The summed E-state index contributed by atoms with van der Waals surface area (Å²) in [5.41, 5.74) is -0.820. The van der Waals surface area contributed by atoms with E-state index >= 15 is 0 Å². The Morgan fingerprint density at radius 3 is 2.44 bits per heavy atom. The Morgan fingerprint density at radius 2 is 1.94 bits per heavy atom. The van der Waals surface area contributed by atoms with Crippen LogP contribution in [0.2, 0.25) is 0 Å². The Labute approximate surface area is 102 Å². The molecule has 0 aromatic carbocycles. The van der Waals surface area contributed by atoms with Crippen molar-refractivity contribution in [1.82, 2.24) is 15.3 Å². The van der Waals surface area contributed by atoms with Gasteiger partial charge in [-0.05, 0) is 25.3 Å². The first kappa shape index (κ1) is 11.7. The fourth-order valence-corrected chi connectivity index (χ4v) is 2.73. The van der Waals surface area contributed by atoms with Crippen molar-refractivity contribution in [2.45, 2.75) is 31.1 Å². The summed E-state index contributed by atoms with van der Waals surface area (Å²) in [6.45, 7) is 1.04. The molecule has 7 heteroatoms. The Hall–Kier alpha value is -1.37. The topological polar surface area (TPSA) is 49.8 Å². The molecular weight excluding hydrogens is 245 g/mol. The van der Waals surface area contributed by atoms with Crippen LogP contribution < -0.4 is 10.6 Å². The molecule has 18 heavy (non-hydrogen) atoms. The van der Waals surface area contributed by atoms with Crippen LogP contribution in [0.15, 0.2) is 12.4 Å². The number of fused-ring (bicyclic) bond motifs is 2. The molecule has 0 unspecified atom stereocenters. The summed E-state index contributed by atoms with van der Waals surface area (Å²) in [5, 5.41) is 6.46. The lowest BCUT2D eigenvalue weighted by molar-refractivity contribution is -0.138. The van der Waals surface area contributed by atoms with Crippen molar-refractivity contribution < 1.29 is 13.2 Å². The van der Waals surface area contributed by atoms with Gasteiger partial charge in [0.15, 0.2) is 0 Å². The molecule has 2 heterocycles. The van der Waals surface area contributed by atoms with Gasteiger partial charge in [0.1, 0.15) is 0 Å². The number of nitrogens with one attached hydrogen (secondary N) is 2. The predicted octanol–water partition coefficient (Wildman–Crippen LogP) is 1.66. The van der Waals surface area contributed by atoms with Crippen molar-refractivity contribution in [3.8, 4) is 0 Å². The molecule has 1 aliphatic carbocycles. The van der Waals surface area contributed by atoms with E-state index in [9.17, 15) is 13.2 Å². The molecule has 98 valence electrons. The number of halogens is 3. The number of alkyl halides is 3. The van der Waals surface area contributed by atoms with Gasteiger partial charge in [0.25, 0.3) is 0 Å². The van der Waals surface area contributed by atoms with E-state index in [2.05, 4.69) is 20.6 Å². The van der Waals surface area contributed by atoms with Gasteiger partial charge in [0, 0.05) is 24.5 Å². The summed E-state index contributed by atoms with van der Waals surface area (Å²) < 4.78 is 37.0. The molecule has 0 amide bonds. The molecule has 1 saturated heterocycles. The zero-order chi connectivity index (χ0) is 12.8. The highest BCUT2D eigenvalue weighted by molar-refractivity contribution is 5.29. The van der Waals surface area contributed by atoms with E-state index in [1.165, 1.54) is 0 Å². The summed E-state index contributed by atoms with van der Waals surface area (Å²) >= 11 is 0. The highest BCUT2D eigenvalue weighted by Gasteiger charge is 2.39. The molecule has 1 aromatic rings. The summed E-state index contributed by atoms with van der Waals surface area (Å²) in [6.07, 6.45) is -0.598. The van der Waals surface area contributed by atoms with Crippen LogP contribution in [0.3, 0.4) is 0 Å². The molecule has 2 N–H and O–H groups in total. The van der Waals surface area contributed by atoms with Crippen LogP contribution in [0.5, 0.6) is 0 Å². The molecule has 2 fully saturated rings. The third kappa shape index (κ3) is 2.14. The second-order valence-corrected chi connectivity index (χ2v) is 4.90. The van der Waals surface area contributed by atoms with Gasteiger partial charge < -0.3 is 10.6 Å². The maximum Gasteiger partial charge on any atom is 0.419 e. The maximum atomic E-state index is 12.3. The average molecular weight is 258 g/mol. The predicted molar refractivity (Wildman–Crippen MR) is 59.0 cm³/mol. The lowest BCUT2D eigenvalue weighted by Gasteiger charge is -2.23. The monoisotopic (exact) mass is 258 g/mol.